The van der Waals surface area contributed by atoms with Crippen LogP contribution < -0.4 is 16.4 Å². The minimum absolute atomic E-state index is 0.0757. The molecule has 1 atom stereocenters. The van der Waals surface area contributed by atoms with Crippen molar-refractivity contribution in [2.45, 2.75) is 33.4 Å². The van der Waals surface area contributed by atoms with Crippen LogP contribution in [0.15, 0.2) is 42.5 Å². The fourth-order valence-corrected chi connectivity index (χ4v) is 3.38. The SMILES string of the molecule is CCn1c2ccccc2c2cc(NC(=O)[C@@H](NC(N)=O)C(C)C)ccc21. The van der Waals surface area contributed by atoms with E-state index in [1.807, 2.05) is 44.2 Å². The Kier molecular flexibility index (Phi) is 4.84. The Morgan fingerprint density at radius 2 is 1.77 bits per heavy atom. The first-order valence-corrected chi connectivity index (χ1v) is 8.80. The molecule has 26 heavy (non-hydrogen) atoms. The number of nitrogens with zero attached hydrogens (tertiary/aromatic N) is 1. The molecule has 0 radical (unpaired) electrons. The highest BCUT2D eigenvalue weighted by Gasteiger charge is 2.23. The van der Waals surface area contributed by atoms with Gasteiger partial charge in [-0.05, 0) is 37.1 Å². The van der Waals surface area contributed by atoms with E-state index in [9.17, 15) is 9.59 Å². The molecule has 0 aliphatic rings. The molecule has 0 saturated carbocycles. The Morgan fingerprint density at radius 1 is 1.08 bits per heavy atom. The molecule has 3 rings (SSSR count). The molecule has 0 fully saturated rings. The van der Waals surface area contributed by atoms with Crippen molar-refractivity contribution >= 4 is 39.4 Å². The largest absolute Gasteiger partial charge is 0.352 e. The molecular formula is C20H24N4O2. The summed E-state index contributed by atoms with van der Waals surface area (Å²) in [6, 6.07) is 12.7. The van der Waals surface area contributed by atoms with Crippen LogP contribution in [0.2, 0.25) is 0 Å². The third-order valence-corrected chi connectivity index (χ3v) is 4.60. The van der Waals surface area contributed by atoms with Gasteiger partial charge in [0.15, 0.2) is 0 Å². The highest BCUT2D eigenvalue weighted by Crippen LogP contribution is 2.31. The van der Waals surface area contributed by atoms with Gasteiger partial charge in [-0.25, -0.2) is 4.79 Å². The second kappa shape index (κ2) is 7.07. The number of amides is 3. The van der Waals surface area contributed by atoms with Crippen LogP contribution in [-0.2, 0) is 11.3 Å². The Hall–Kier alpha value is -3.02. The van der Waals surface area contributed by atoms with Gasteiger partial charge in [-0.15, -0.1) is 0 Å². The van der Waals surface area contributed by atoms with Crippen molar-refractivity contribution in [1.82, 2.24) is 9.88 Å². The number of para-hydroxylation sites is 1. The summed E-state index contributed by atoms with van der Waals surface area (Å²) in [5, 5.41) is 7.63. The average molecular weight is 352 g/mol. The summed E-state index contributed by atoms with van der Waals surface area (Å²) in [4.78, 5) is 23.7. The van der Waals surface area contributed by atoms with Gasteiger partial charge in [0.2, 0.25) is 5.91 Å². The van der Waals surface area contributed by atoms with Gasteiger partial charge in [-0.3, -0.25) is 4.79 Å². The number of fused-ring (bicyclic) bond motifs is 3. The number of aryl methyl sites for hydroxylation is 1. The standard InChI is InChI=1S/C20H24N4O2/c1-4-24-16-8-6-5-7-14(16)15-11-13(9-10-17(15)24)22-19(25)18(12(2)3)23-20(21)26/h5-12,18H,4H2,1-3H3,(H,22,25)(H3,21,23,26)/t18-/m0/s1. The van der Waals surface area contributed by atoms with Crippen LogP contribution in [0.25, 0.3) is 21.8 Å². The number of rotatable bonds is 5. The number of carbonyl (C=O) groups is 2. The number of carbonyl (C=O) groups excluding carboxylic acids is 2. The van der Waals surface area contributed by atoms with E-state index >= 15 is 0 Å². The van der Waals surface area contributed by atoms with E-state index in [0.717, 1.165) is 22.8 Å². The molecule has 0 aliphatic heterocycles. The Bertz CT molecular complexity index is 975. The zero-order valence-corrected chi connectivity index (χ0v) is 15.2. The monoisotopic (exact) mass is 352 g/mol. The fraction of sp³-hybridized carbons (Fsp3) is 0.300. The molecule has 0 bridgehead atoms. The molecule has 136 valence electrons. The number of nitrogens with one attached hydrogen (secondary N) is 2. The first kappa shape index (κ1) is 17.8. The Morgan fingerprint density at radius 3 is 2.42 bits per heavy atom. The van der Waals surface area contributed by atoms with E-state index in [4.69, 9.17) is 5.73 Å². The molecule has 0 aliphatic carbocycles. The first-order chi connectivity index (χ1) is 12.4. The van der Waals surface area contributed by atoms with Crippen molar-refractivity contribution in [3.05, 3.63) is 42.5 Å². The minimum atomic E-state index is -0.708. The molecule has 4 N–H and O–H groups in total. The quantitative estimate of drug-likeness (QED) is 0.656. The molecule has 0 unspecified atom stereocenters. The lowest BCUT2D eigenvalue weighted by atomic mass is 10.0. The average Bonchev–Trinajstić information content (AvgIpc) is 2.92. The van der Waals surface area contributed by atoms with E-state index < -0.39 is 12.1 Å². The number of urea groups is 1. The van der Waals surface area contributed by atoms with Crippen LogP contribution in [0, 0.1) is 5.92 Å². The number of benzene rings is 2. The van der Waals surface area contributed by atoms with E-state index in [1.54, 1.807) is 0 Å². The number of aromatic nitrogens is 1. The molecule has 6 nitrogen and oxygen atoms in total. The maximum atomic E-state index is 12.6. The van der Waals surface area contributed by atoms with Crippen molar-refractivity contribution in [3.63, 3.8) is 0 Å². The maximum absolute atomic E-state index is 12.6. The molecule has 3 aromatic rings. The molecule has 0 saturated heterocycles. The maximum Gasteiger partial charge on any atom is 0.312 e. The van der Waals surface area contributed by atoms with Crippen LogP contribution in [0.4, 0.5) is 10.5 Å². The third kappa shape index (κ3) is 3.22. The summed E-state index contributed by atoms with van der Waals surface area (Å²) in [5.74, 6) is -0.356. The van der Waals surface area contributed by atoms with Gasteiger partial charge in [-0.2, -0.15) is 0 Å². The summed E-state index contributed by atoms with van der Waals surface area (Å²) >= 11 is 0. The van der Waals surface area contributed by atoms with Gasteiger partial charge in [0.25, 0.3) is 0 Å². The molecule has 1 heterocycles. The number of nitrogens with two attached hydrogens (primary N) is 1. The number of hydrogen-bond acceptors (Lipinski definition) is 2. The zero-order valence-electron chi connectivity index (χ0n) is 15.2. The molecule has 3 amide bonds. The first-order valence-electron chi connectivity index (χ1n) is 8.80. The van der Waals surface area contributed by atoms with Crippen LogP contribution >= 0.6 is 0 Å². The van der Waals surface area contributed by atoms with E-state index in [2.05, 4.69) is 34.3 Å². The lowest BCUT2D eigenvalue weighted by Gasteiger charge is -2.20. The van der Waals surface area contributed by atoms with Gasteiger partial charge in [-0.1, -0.05) is 32.0 Å². The molecular weight excluding hydrogens is 328 g/mol. The summed E-state index contributed by atoms with van der Waals surface area (Å²) in [6.07, 6.45) is 0. The summed E-state index contributed by atoms with van der Waals surface area (Å²) < 4.78 is 2.25. The number of hydrogen-bond donors (Lipinski definition) is 3. The molecule has 2 aromatic carbocycles. The van der Waals surface area contributed by atoms with Gasteiger partial charge in [0.1, 0.15) is 6.04 Å². The molecule has 0 spiro atoms. The smallest absolute Gasteiger partial charge is 0.312 e. The minimum Gasteiger partial charge on any atom is -0.352 e. The van der Waals surface area contributed by atoms with Gasteiger partial charge >= 0.3 is 6.03 Å². The van der Waals surface area contributed by atoms with Crippen molar-refractivity contribution in [2.75, 3.05) is 5.32 Å². The van der Waals surface area contributed by atoms with Crippen LogP contribution in [0.5, 0.6) is 0 Å². The van der Waals surface area contributed by atoms with Crippen LogP contribution in [0.3, 0.4) is 0 Å². The van der Waals surface area contributed by atoms with Crippen LogP contribution in [-0.4, -0.2) is 22.5 Å². The Labute approximate surface area is 152 Å². The summed E-state index contributed by atoms with van der Waals surface area (Å²) in [6.45, 7) is 6.70. The topological polar surface area (TPSA) is 89.2 Å². The summed E-state index contributed by atoms with van der Waals surface area (Å²) in [5.41, 5.74) is 8.17. The van der Waals surface area contributed by atoms with Crippen molar-refractivity contribution < 1.29 is 9.59 Å². The predicted octanol–water partition coefficient (Wildman–Crippen LogP) is 3.45. The van der Waals surface area contributed by atoms with Crippen molar-refractivity contribution in [1.29, 1.82) is 0 Å². The highest BCUT2D eigenvalue weighted by atomic mass is 16.2. The van der Waals surface area contributed by atoms with Gasteiger partial charge in [0.05, 0.1) is 0 Å². The zero-order chi connectivity index (χ0) is 18.8. The number of anilines is 1. The normalized spacial score (nSPS) is 12.5. The second-order valence-electron chi connectivity index (χ2n) is 6.71. The summed E-state index contributed by atoms with van der Waals surface area (Å²) in [7, 11) is 0. The van der Waals surface area contributed by atoms with Gasteiger partial charge in [0, 0.05) is 34.0 Å². The highest BCUT2D eigenvalue weighted by molar-refractivity contribution is 6.10. The van der Waals surface area contributed by atoms with E-state index in [1.165, 1.54) is 5.52 Å². The lowest BCUT2D eigenvalue weighted by molar-refractivity contribution is -0.118. The second-order valence-corrected chi connectivity index (χ2v) is 6.71. The third-order valence-electron chi connectivity index (χ3n) is 4.60. The predicted molar refractivity (Wildman–Crippen MR) is 105 cm³/mol. The lowest BCUT2D eigenvalue weighted by Crippen LogP contribution is -2.49. The molecule has 1 aromatic heterocycles. The number of primary amides is 1. The Balaban J connectivity index is 1.98. The van der Waals surface area contributed by atoms with E-state index in [-0.39, 0.29) is 11.8 Å². The molecule has 6 heteroatoms. The van der Waals surface area contributed by atoms with Crippen molar-refractivity contribution in [3.8, 4) is 0 Å². The van der Waals surface area contributed by atoms with E-state index in [0.29, 0.717) is 5.69 Å². The van der Waals surface area contributed by atoms with Crippen LogP contribution in [0.1, 0.15) is 20.8 Å². The fourth-order valence-electron chi connectivity index (χ4n) is 3.38. The van der Waals surface area contributed by atoms with Gasteiger partial charge < -0.3 is 20.9 Å². The van der Waals surface area contributed by atoms with Crippen molar-refractivity contribution in [2.24, 2.45) is 11.7 Å².